The van der Waals surface area contributed by atoms with Gasteiger partial charge in [-0.15, -0.1) is 0 Å². The van der Waals surface area contributed by atoms with Gasteiger partial charge in [0.05, 0.1) is 18.0 Å². The molecule has 0 N–H and O–H groups in total. The predicted molar refractivity (Wildman–Crippen MR) is 72.5 cm³/mol. The number of carbonyl (C=O) groups excluding carboxylic acids is 2. The van der Waals surface area contributed by atoms with E-state index in [1.807, 2.05) is 30.3 Å². The van der Waals surface area contributed by atoms with Crippen molar-refractivity contribution >= 4 is 27.9 Å². The van der Waals surface area contributed by atoms with Crippen LogP contribution in [0.15, 0.2) is 30.3 Å². The fourth-order valence-electron chi connectivity index (χ4n) is 1.61. The van der Waals surface area contributed by atoms with E-state index >= 15 is 0 Å². The van der Waals surface area contributed by atoms with Crippen LogP contribution in [0, 0.1) is 0 Å². The van der Waals surface area contributed by atoms with Gasteiger partial charge in [-0.05, 0) is 19.4 Å². The number of benzene rings is 1. The van der Waals surface area contributed by atoms with E-state index in [1.54, 1.807) is 13.8 Å². The van der Waals surface area contributed by atoms with Gasteiger partial charge in [0.2, 0.25) is 5.91 Å². The maximum atomic E-state index is 11.8. The highest BCUT2D eigenvalue weighted by Gasteiger charge is 2.28. The second-order valence-corrected chi connectivity index (χ2v) is 4.24. The fraction of sp³-hybridized carbons (Fsp3) is 0.385. The van der Waals surface area contributed by atoms with Crippen molar-refractivity contribution in [3.63, 3.8) is 0 Å². The van der Waals surface area contributed by atoms with Crippen LogP contribution in [0.25, 0.3) is 0 Å². The summed E-state index contributed by atoms with van der Waals surface area (Å²) < 4.78 is 4.91. The smallest absolute Gasteiger partial charge is 0.417 e. The molecule has 0 fully saturated rings. The van der Waals surface area contributed by atoms with Crippen molar-refractivity contribution in [3.8, 4) is 0 Å². The molecule has 18 heavy (non-hydrogen) atoms. The van der Waals surface area contributed by atoms with E-state index in [9.17, 15) is 9.59 Å². The lowest BCUT2D eigenvalue weighted by Crippen LogP contribution is -2.40. The van der Waals surface area contributed by atoms with Crippen LogP contribution in [-0.4, -0.2) is 28.8 Å². The third kappa shape index (κ3) is 3.57. The fourth-order valence-corrected chi connectivity index (χ4v) is 1.88. The van der Waals surface area contributed by atoms with Gasteiger partial charge in [0.1, 0.15) is 0 Å². The molecule has 0 spiro atoms. The number of nitrogens with zero attached hydrogens (tertiary/aromatic N) is 1. The van der Waals surface area contributed by atoms with Crippen LogP contribution in [0.5, 0.6) is 0 Å². The number of alkyl halides is 1. The van der Waals surface area contributed by atoms with Crippen LogP contribution in [0.3, 0.4) is 0 Å². The molecule has 1 aromatic rings. The first-order valence-corrected chi connectivity index (χ1v) is 6.83. The minimum Gasteiger partial charge on any atom is -0.449 e. The normalized spacial score (nSPS) is 11.7. The summed E-state index contributed by atoms with van der Waals surface area (Å²) in [5.74, 6) is -0.315. The minimum absolute atomic E-state index is 0.0863. The van der Waals surface area contributed by atoms with Gasteiger partial charge in [-0.3, -0.25) is 4.79 Å². The van der Waals surface area contributed by atoms with Gasteiger partial charge in [0, 0.05) is 0 Å². The standard InChI is InChI=1S/C13H16BrNO3/c1-3-18-13(17)15(12(16)9-14)10(2)11-7-5-4-6-8-11/h4-8,10H,3,9H2,1-2H3/t10-/m0/s1. The van der Waals surface area contributed by atoms with Crippen molar-refractivity contribution in [2.24, 2.45) is 0 Å². The average Bonchev–Trinajstić information content (AvgIpc) is 2.40. The minimum atomic E-state index is -0.613. The molecule has 0 aliphatic rings. The molecule has 0 aromatic heterocycles. The van der Waals surface area contributed by atoms with Gasteiger partial charge >= 0.3 is 6.09 Å². The molecule has 2 amide bonds. The number of hydrogen-bond donors (Lipinski definition) is 0. The summed E-state index contributed by atoms with van der Waals surface area (Å²) in [5.41, 5.74) is 0.889. The van der Waals surface area contributed by atoms with E-state index < -0.39 is 6.09 Å². The van der Waals surface area contributed by atoms with Gasteiger partial charge in [-0.1, -0.05) is 46.3 Å². The molecule has 4 nitrogen and oxygen atoms in total. The Bertz CT molecular complexity index is 408. The third-order valence-electron chi connectivity index (χ3n) is 2.52. The molecule has 0 saturated heterocycles. The molecule has 0 aliphatic heterocycles. The lowest BCUT2D eigenvalue weighted by atomic mass is 10.1. The lowest BCUT2D eigenvalue weighted by molar-refractivity contribution is -0.128. The number of rotatable bonds is 4. The number of imide groups is 1. The molecule has 1 aromatic carbocycles. The van der Waals surface area contributed by atoms with Crippen molar-refractivity contribution in [2.75, 3.05) is 11.9 Å². The summed E-state index contributed by atoms with van der Waals surface area (Å²) in [7, 11) is 0. The number of halogens is 1. The van der Waals surface area contributed by atoms with Gasteiger partial charge in [-0.25, -0.2) is 9.69 Å². The SMILES string of the molecule is CCOC(=O)N(C(=O)CBr)[C@@H](C)c1ccccc1. The Labute approximate surface area is 115 Å². The van der Waals surface area contributed by atoms with E-state index in [4.69, 9.17) is 4.74 Å². The molecular formula is C13H16BrNO3. The van der Waals surface area contributed by atoms with Crippen molar-refractivity contribution in [1.29, 1.82) is 0 Å². The zero-order valence-electron chi connectivity index (χ0n) is 10.4. The molecule has 0 radical (unpaired) electrons. The van der Waals surface area contributed by atoms with E-state index in [2.05, 4.69) is 15.9 Å². The van der Waals surface area contributed by atoms with Crippen LogP contribution in [0.1, 0.15) is 25.5 Å². The van der Waals surface area contributed by atoms with E-state index in [0.717, 1.165) is 10.5 Å². The first kappa shape index (κ1) is 14.7. The first-order valence-electron chi connectivity index (χ1n) is 5.71. The Hall–Kier alpha value is -1.36. The summed E-state index contributed by atoms with van der Waals surface area (Å²) in [6.45, 7) is 3.75. The number of hydrogen-bond acceptors (Lipinski definition) is 3. The molecule has 0 saturated carbocycles. The molecule has 98 valence electrons. The predicted octanol–water partition coefficient (Wildman–Crippen LogP) is 3.13. The van der Waals surface area contributed by atoms with Crippen LogP contribution < -0.4 is 0 Å². The summed E-state index contributed by atoms with van der Waals surface area (Å²) in [4.78, 5) is 24.8. The Morgan fingerprint density at radius 3 is 2.44 bits per heavy atom. The van der Waals surface area contributed by atoms with Crippen molar-refractivity contribution in [3.05, 3.63) is 35.9 Å². The van der Waals surface area contributed by atoms with Gasteiger partial charge in [0.25, 0.3) is 0 Å². The Morgan fingerprint density at radius 1 is 1.33 bits per heavy atom. The molecule has 1 rings (SSSR count). The summed E-state index contributed by atoms with van der Waals surface area (Å²) in [5, 5.41) is 0.0863. The third-order valence-corrected chi connectivity index (χ3v) is 3.00. The summed E-state index contributed by atoms with van der Waals surface area (Å²) in [6, 6.07) is 9.02. The highest BCUT2D eigenvalue weighted by molar-refractivity contribution is 9.09. The van der Waals surface area contributed by atoms with Crippen molar-refractivity contribution in [1.82, 2.24) is 4.90 Å². The maximum Gasteiger partial charge on any atom is 0.417 e. The molecule has 0 aliphatic carbocycles. The number of amides is 2. The van der Waals surface area contributed by atoms with Gasteiger partial charge in [0.15, 0.2) is 0 Å². The van der Waals surface area contributed by atoms with E-state index in [1.165, 1.54) is 0 Å². The molecule has 0 unspecified atom stereocenters. The van der Waals surface area contributed by atoms with E-state index in [-0.39, 0.29) is 23.9 Å². The van der Waals surface area contributed by atoms with Gasteiger partial charge in [-0.2, -0.15) is 0 Å². The van der Waals surface area contributed by atoms with Gasteiger partial charge < -0.3 is 4.74 Å². The summed E-state index contributed by atoms with van der Waals surface area (Å²) >= 11 is 3.08. The number of ether oxygens (including phenoxy) is 1. The highest BCUT2D eigenvalue weighted by atomic mass is 79.9. The molecule has 0 heterocycles. The molecule has 1 atom stereocenters. The second kappa shape index (κ2) is 7.16. The van der Waals surface area contributed by atoms with Crippen molar-refractivity contribution in [2.45, 2.75) is 19.9 Å². The van der Waals surface area contributed by atoms with Crippen LogP contribution in [0.4, 0.5) is 4.79 Å². The molecule has 0 bridgehead atoms. The zero-order chi connectivity index (χ0) is 13.5. The topological polar surface area (TPSA) is 46.6 Å². The van der Waals surface area contributed by atoms with Crippen LogP contribution in [0.2, 0.25) is 0 Å². The Morgan fingerprint density at radius 2 is 1.94 bits per heavy atom. The second-order valence-electron chi connectivity index (χ2n) is 3.68. The average molecular weight is 314 g/mol. The monoisotopic (exact) mass is 313 g/mol. The number of carbonyl (C=O) groups is 2. The van der Waals surface area contributed by atoms with E-state index in [0.29, 0.717) is 0 Å². The summed E-state index contributed by atoms with van der Waals surface area (Å²) in [6.07, 6.45) is -0.613. The molecule has 5 heteroatoms. The maximum absolute atomic E-state index is 11.8. The van der Waals surface area contributed by atoms with Crippen molar-refractivity contribution < 1.29 is 14.3 Å². The lowest BCUT2D eigenvalue weighted by Gasteiger charge is -2.26. The highest BCUT2D eigenvalue weighted by Crippen LogP contribution is 2.21. The largest absolute Gasteiger partial charge is 0.449 e. The van der Waals surface area contributed by atoms with Crippen LogP contribution in [-0.2, 0) is 9.53 Å². The quantitative estimate of drug-likeness (QED) is 0.802. The Kier molecular flexibility index (Phi) is 5.85. The zero-order valence-corrected chi connectivity index (χ0v) is 12.0. The molecular weight excluding hydrogens is 298 g/mol. The Balaban J connectivity index is 2.96. The van der Waals surface area contributed by atoms with Crippen LogP contribution >= 0.6 is 15.9 Å². The first-order chi connectivity index (χ1) is 8.61.